The van der Waals surface area contributed by atoms with Crippen molar-refractivity contribution in [1.29, 1.82) is 0 Å². The molecule has 5 nitrogen and oxygen atoms in total. The quantitative estimate of drug-likeness (QED) is 0.755. The van der Waals surface area contributed by atoms with Crippen LogP contribution in [-0.2, 0) is 16.1 Å². The van der Waals surface area contributed by atoms with E-state index in [9.17, 15) is 14.0 Å². The number of hydrogen-bond acceptors (Lipinski definition) is 3. The number of fused-ring (bicyclic) bond motifs is 1. The van der Waals surface area contributed by atoms with Gasteiger partial charge in [-0.3, -0.25) is 14.6 Å². The van der Waals surface area contributed by atoms with Crippen LogP contribution in [0.25, 0.3) is 10.9 Å². The molecule has 2 aromatic carbocycles. The van der Waals surface area contributed by atoms with Gasteiger partial charge in [0.2, 0.25) is 11.8 Å². The third-order valence-corrected chi connectivity index (χ3v) is 4.97. The van der Waals surface area contributed by atoms with Crippen molar-refractivity contribution in [2.24, 2.45) is 5.92 Å². The fraction of sp³-hybridized carbons (Fsp3) is 0.227. The van der Waals surface area contributed by atoms with Crippen LogP contribution >= 0.6 is 0 Å². The topological polar surface area (TPSA) is 62.3 Å². The molecule has 2 heterocycles. The summed E-state index contributed by atoms with van der Waals surface area (Å²) in [5, 5.41) is 3.86. The highest BCUT2D eigenvalue weighted by molar-refractivity contribution is 5.98. The lowest BCUT2D eigenvalue weighted by atomic mass is 10.1. The van der Waals surface area contributed by atoms with Crippen LogP contribution in [0.3, 0.4) is 0 Å². The second kappa shape index (κ2) is 7.38. The molecule has 4 rings (SSSR count). The molecule has 1 aromatic heterocycles. The minimum atomic E-state index is -0.403. The summed E-state index contributed by atoms with van der Waals surface area (Å²) in [5.74, 6) is -0.952. The van der Waals surface area contributed by atoms with Gasteiger partial charge in [0, 0.05) is 36.3 Å². The zero-order valence-electron chi connectivity index (χ0n) is 15.5. The van der Waals surface area contributed by atoms with Gasteiger partial charge in [0.25, 0.3) is 0 Å². The predicted octanol–water partition coefficient (Wildman–Crippen LogP) is 3.67. The van der Waals surface area contributed by atoms with Crippen LogP contribution in [0.1, 0.15) is 17.7 Å². The first-order valence-electron chi connectivity index (χ1n) is 9.18. The van der Waals surface area contributed by atoms with Crippen molar-refractivity contribution < 1.29 is 14.0 Å². The Morgan fingerprint density at radius 1 is 1.18 bits per heavy atom. The van der Waals surface area contributed by atoms with Gasteiger partial charge < -0.3 is 10.2 Å². The van der Waals surface area contributed by atoms with Crippen LogP contribution in [0.15, 0.2) is 54.6 Å². The van der Waals surface area contributed by atoms with Crippen LogP contribution in [-0.4, -0.2) is 28.2 Å². The first-order valence-corrected chi connectivity index (χ1v) is 9.18. The van der Waals surface area contributed by atoms with Gasteiger partial charge in [-0.25, -0.2) is 4.39 Å². The molecule has 3 aromatic rings. The molecule has 1 atom stereocenters. The Hall–Kier alpha value is -3.28. The van der Waals surface area contributed by atoms with Crippen molar-refractivity contribution in [2.45, 2.75) is 19.9 Å². The molecule has 6 heteroatoms. The number of rotatable bonds is 4. The number of amides is 2. The van der Waals surface area contributed by atoms with Crippen molar-refractivity contribution in [3.8, 4) is 0 Å². The molecule has 1 saturated heterocycles. The monoisotopic (exact) mass is 377 g/mol. The number of benzene rings is 2. The van der Waals surface area contributed by atoms with E-state index in [1.54, 1.807) is 17.0 Å². The number of anilines is 1. The fourth-order valence-corrected chi connectivity index (χ4v) is 3.46. The lowest BCUT2D eigenvalue weighted by Gasteiger charge is -2.17. The third-order valence-electron chi connectivity index (χ3n) is 4.97. The number of carbonyl (C=O) groups excluding carboxylic acids is 2. The highest BCUT2D eigenvalue weighted by Crippen LogP contribution is 2.23. The Labute approximate surface area is 162 Å². The largest absolute Gasteiger partial charge is 0.338 e. The molecule has 1 aliphatic rings. The number of aryl methyl sites for hydroxylation is 1. The Bertz CT molecular complexity index is 1050. The number of nitrogens with one attached hydrogen (secondary N) is 1. The second-order valence-electron chi connectivity index (χ2n) is 7.15. The molecule has 28 heavy (non-hydrogen) atoms. The average Bonchev–Trinajstić information content (AvgIpc) is 3.04. The molecule has 0 bridgehead atoms. The summed E-state index contributed by atoms with van der Waals surface area (Å²) in [6, 6.07) is 15.5. The molecule has 0 radical (unpaired) electrons. The Balaban J connectivity index is 1.41. The number of hydrogen-bond donors (Lipinski definition) is 1. The molecule has 0 saturated carbocycles. The van der Waals surface area contributed by atoms with Gasteiger partial charge in [0.15, 0.2) is 0 Å². The first-order chi connectivity index (χ1) is 13.5. The number of nitrogens with zero attached hydrogens (tertiary/aromatic N) is 2. The lowest BCUT2D eigenvalue weighted by molar-refractivity contribution is -0.128. The van der Waals surface area contributed by atoms with Crippen LogP contribution in [0.5, 0.6) is 0 Å². The van der Waals surface area contributed by atoms with E-state index in [1.807, 2.05) is 37.3 Å². The maximum Gasteiger partial charge on any atom is 0.229 e. The molecule has 1 unspecified atom stereocenters. The molecular weight excluding hydrogens is 357 g/mol. The molecule has 2 amide bonds. The van der Waals surface area contributed by atoms with E-state index in [0.717, 1.165) is 22.2 Å². The smallest absolute Gasteiger partial charge is 0.229 e. The SMILES string of the molecule is Cc1ccc2cc(NC(=O)C3CC(=O)N(Cc4ccc(F)cc4)C3)ccc2n1. The van der Waals surface area contributed by atoms with E-state index in [4.69, 9.17) is 0 Å². The van der Waals surface area contributed by atoms with Crippen LogP contribution < -0.4 is 5.32 Å². The molecular formula is C22H20FN3O2. The zero-order chi connectivity index (χ0) is 19.7. The Morgan fingerprint density at radius 3 is 2.75 bits per heavy atom. The van der Waals surface area contributed by atoms with Gasteiger partial charge in [0.05, 0.1) is 11.4 Å². The summed E-state index contributed by atoms with van der Waals surface area (Å²) in [6.45, 7) is 2.67. The van der Waals surface area contributed by atoms with Gasteiger partial charge >= 0.3 is 0 Å². The molecule has 1 N–H and O–H groups in total. The zero-order valence-corrected chi connectivity index (χ0v) is 15.5. The fourth-order valence-electron chi connectivity index (χ4n) is 3.46. The Morgan fingerprint density at radius 2 is 1.96 bits per heavy atom. The maximum absolute atomic E-state index is 13.0. The summed E-state index contributed by atoms with van der Waals surface area (Å²) >= 11 is 0. The van der Waals surface area contributed by atoms with Gasteiger partial charge in [0.1, 0.15) is 5.82 Å². The van der Waals surface area contributed by atoms with Gasteiger partial charge in [-0.05, 0) is 48.9 Å². The van der Waals surface area contributed by atoms with Crippen molar-refractivity contribution in [2.75, 3.05) is 11.9 Å². The number of pyridine rings is 1. The van der Waals surface area contributed by atoms with Crippen molar-refractivity contribution in [3.63, 3.8) is 0 Å². The van der Waals surface area contributed by atoms with Gasteiger partial charge in [-0.2, -0.15) is 0 Å². The molecule has 142 valence electrons. The van der Waals surface area contributed by atoms with E-state index in [0.29, 0.717) is 18.8 Å². The normalized spacial score (nSPS) is 16.6. The molecule has 1 aliphatic heterocycles. The minimum absolute atomic E-state index is 0.0670. The summed E-state index contributed by atoms with van der Waals surface area (Å²) in [4.78, 5) is 31.0. The van der Waals surface area contributed by atoms with Gasteiger partial charge in [-0.15, -0.1) is 0 Å². The number of halogens is 1. The number of likely N-dealkylation sites (tertiary alicyclic amines) is 1. The second-order valence-corrected chi connectivity index (χ2v) is 7.15. The summed E-state index contributed by atoms with van der Waals surface area (Å²) in [5.41, 5.74) is 3.34. The standard InChI is InChI=1S/C22H20FN3O2/c1-14-2-5-16-10-19(8-9-20(16)24-14)25-22(28)17-11-21(27)26(13-17)12-15-3-6-18(23)7-4-15/h2-10,17H,11-13H2,1H3,(H,25,28). The third kappa shape index (κ3) is 3.86. The highest BCUT2D eigenvalue weighted by atomic mass is 19.1. The molecule has 0 aliphatic carbocycles. The molecule has 0 spiro atoms. The molecule has 1 fully saturated rings. The number of aromatic nitrogens is 1. The van der Waals surface area contributed by atoms with E-state index in [2.05, 4.69) is 10.3 Å². The Kier molecular flexibility index (Phi) is 4.77. The van der Waals surface area contributed by atoms with Crippen LogP contribution in [0.4, 0.5) is 10.1 Å². The summed E-state index contributed by atoms with van der Waals surface area (Å²) < 4.78 is 13.0. The van der Waals surface area contributed by atoms with Crippen molar-refractivity contribution in [1.82, 2.24) is 9.88 Å². The predicted molar refractivity (Wildman–Crippen MR) is 105 cm³/mol. The minimum Gasteiger partial charge on any atom is -0.338 e. The van der Waals surface area contributed by atoms with E-state index < -0.39 is 5.92 Å². The van der Waals surface area contributed by atoms with Gasteiger partial charge in [-0.1, -0.05) is 18.2 Å². The first kappa shape index (κ1) is 18.1. The van der Waals surface area contributed by atoms with Crippen molar-refractivity contribution in [3.05, 3.63) is 71.7 Å². The van der Waals surface area contributed by atoms with Crippen molar-refractivity contribution >= 4 is 28.4 Å². The van der Waals surface area contributed by atoms with E-state index in [-0.39, 0.29) is 24.1 Å². The number of carbonyl (C=O) groups is 2. The average molecular weight is 377 g/mol. The van der Waals surface area contributed by atoms with Crippen LogP contribution in [0, 0.1) is 18.7 Å². The summed E-state index contributed by atoms with van der Waals surface area (Å²) in [7, 11) is 0. The highest BCUT2D eigenvalue weighted by Gasteiger charge is 2.34. The lowest BCUT2D eigenvalue weighted by Crippen LogP contribution is -2.28. The van der Waals surface area contributed by atoms with Crippen LogP contribution in [0.2, 0.25) is 0 Å². The summed E-state index contributed by atoms with van der Waals surface area (Å²) in [6.07, 6.45) is 0.182. The maximum atomic E-state index is 13.0. The van der Waals surface area contributed by atoms with E-state index >= 15 is 0 Å². The van der Waals surface area contributed by atoms with E-state index in [1.165, 1.54) is 12.1 Å².